The molecule has 1 aromatic heterocycles. The summed E-state index contributed by atoms with van der Waals surface area (Å²) in [7, 11) is 0. The number of hydrogen-bond donors (Lipinski definition) is 2. The summed E-state index contributed by atoms with van der Waals surface area (Å²) in [6.45, 7) is 1.05. The number of hydrogen-bond acceptors (Lipinski definition) is 3. The molecule has 0 aliphatic rings. The van der Waals surface area contributed by atoms with E-state index in [-0.39, 0.29) is 4.88 Å². The number of carbonyl (C=O) groups is 1. The van der Waals surface area contributed by atoms with Crippen LogP contribution in [0.5, 0.6) is 0 Å². The Kier molecular flexibility index (Phi) is 2.68. The topological polar surface area (TPSA) is 57.5 Å². The summed E-state index contributed by atoms with van der Waals surface area (Å²) < 4.78 is 13.7. The number of aliphatic carboxylic acids is 1. The maximum atomic E-state index is 13.7. The van der Waals surface area contributed by atoms with E-state index in [0.717, 1.165) is 18.3 Å². The smallest absolute Gasteiger partial charge is 0.336 e. The molecule has 0 saturated heterocycles. The highest BCUT2D eigenvalue weighted by Crippen LogP contribution is 2.32. The largest absolute Gasteiger partial charge is 0.479 e. The lowest BCUT2D eigenvalue weighted by Gasteiger charge is -2.21. The van der Waals surface area contributed by atoms with Gasteiger partial charge in [-0.25, -0.2) is 9.18 Å². The maximum Gasteiger partial charge on any atom is 0.336 e. The Labute approximate surface area is 78.4 Å². The number of aliphatic hydroxyl groups excluding tert-OH is 1. The molecule has 72 valence electrons. The SMILES string of the molecule is CC(F)(c1cccs1)C(O)C(=O)O. The molecule has 0 bridgehead atoms. The monoisotopic (exact) mass is 204 g/mol. The molecule has 3 nitrogen and oxygen atoms in total. The van der Waals surface area contributed by atoms with Gasteiger partial charge < -0.3 is 10.2 Å². The van der Waals surface area contributed by atoms with Crippen molar-refractivity contribution in [2.75, 3.05) is 0 Å². The van der Waals surface area contributed by atoms with Crippen molar-refractivity contribution >= 4 is 17.3 Å². The average molecular weight is 204 g/mol. The van der Waals surface area contributed by atoms with Crippen molar-refractivity contribution in [1.29, 1.82) is 0 Å². The van der Waals surface area contributed by atoms with Crippen LogP contribution in [-0.4, -0.2) is 22.3 Å². The summed E-state index contributed by atoms with van der Waals surface area (Å²) in [5.74, 6) is -1.56. The molecule has 0 aliphatic carbocycles. The normalized spacial score (nSPS) is 17.8. The minimum Gasteiger partial charge on any atom is -0.479 e. The van der Waals surface area contributed by atoms with Crippen LogP contribution < -0.4 is 0 Å². The third-order valence-electron chi connectivity index (χ3n) is 1.75. The summed E-state index contributed by atoms with van der Waals surface area (Å²) in [5.41, 5.74) is -2.22. The Morgan fingerprint density at radius 3 is 2.77 bits per heavy atom. The third kappa shape index (κ3) is 1.87. The zero-order chi connectivity index (χ0) is 10.1. The maximum absolute atomic E-state index is 13.7. The number of thiophene rings is 1. The molecular weight excluding hydrogens is 195 g/mol. The Hall–Kier alpha value is -0.940. The fourth-order valence-corrected chi connectivity index (χ4v) is 1.73. The molecule has 0 aromatic carbocycles. The first-order chi connectivity index (χ1) is 5.96. The number of rotatable bonds is 3. The summed E-state index contributed by atoms with van der Waals surface area (Å²) in [5, 5.41) is 19.1. The summed E-state index contributed by atoms with van der Waals surface area (Å²) in [4.78, 5) is 10.6. The molecule has 0 radical (unpaired) electrons. The lowest BCUT2D eigenvalue weighted by molar-refractivity contribution is -0.155. The Morgan fingerprint density at radius 2 is 2.38 bits per heavy atom. The zero-order valence-electron chi connectivity index (χ0n) is 6.90. The molecule has 0 amide bonds. The first kappa shape index (κ1) is 10.1. The van der Waals surface area contributed by atoms with Crippen molar-refractivity contribution in [2.24, 2.45) is 0 Å². The molecule has 1 heterocycles. The van der Waals surface area contributed by atoms with E-state index < -0.39 is 17.7 Å². The molecule has 2 atom stereocenters. The van der Waals surface area contributed by atoms with Crippen molar-refractivity contribution in [3.05, 3.63) is 22.4 Å². The standard InChI is InChI=1S/C8H9FO3S/c1-8(9,6(10)7(11)12)5-3-2-4-13-5/h2-4,6,10H,1H3,(H,11,12). The van der Waals surface area contributed by atoms with E-state index in [1.165, 1.54) is 6.07 Å². The molecule has 2 unspecified atom stereocenters. The Balaban J connectivity index is 2.95. The van der Waals surface area contributed by atoms with Gasteiger partial charge in [0.2, 0.25) is 0 Å². The van der Waals surface area contributed by atoms with Crippen molar-refractivity contribution in [3.63, 3.8) is 0 Å². The van der Waals surface area contributed by atoms with E-state index in [9.17, 15) is 9.18 Å². The van der Waals surface area contributed by atoms with Gasteiger partial charge in [0.15, 0.2) is 11.8 Å². The van der Waals surface area contributed by atoms with Gasteiger partial charge in [0.25, 0.3) is 0 Å². The van der Waals surface area contributed by atoms with E-state index >= 15 is 0 Å². The molecule has 1 rings (SSSR count). The lowest BCUT2D eigenvalue weighted by Crippen LogP contribution is -2.38. The van der Waals surface area contributed by atoms with Crippen LogP contribution in [0.3, 0.4) is 0 Å². The summed E-state index contributed by atoms with van der Waals surface area (Å²) in [6.07, 6.45) is -2.02. The first-order valence-corrected chi connectivity index (χ1v) is 4.48. The van der Waals surface area contributed by atoms with Gasteiger partial charge in [-0.15, -0.1) is 11.3 Å². The van der Waals surface area contributed by atoms with E-state index in [1.54, 1.807) is 11.4 Å². The summed E-state index contributed by atoms with van der Waals surface area (Å²) >= 11 is 1.08. The molecule has 2 N–H and O–H groups in total. The van der Waals surface area contributed by atoms with Crippen LogP contribution in [0.15, 0.2) is 17.5 Å². The Bertz CT molecular complexity index is 294. The van der Waals surface area contributed by atoms with Crippen LogP contribution in [0, 0.1) is 0 Å². The number of alkyl halides is 1. The van der Waals surface area contributed by atoms with E-state index in [1.807, 2.05) is 0 Å². The second kappa shape index (κ2) is 3.43. The highest BCUT2D eigenvalue weighted by Gasteiger charge is 2.40. The van der Waals surface area contributed by atoms with Gasteiger partial charge in [-0.3, -0.25) is 0 Å². The molecule has 0 spiro atoms. The minimum absolute atomic E-state index is 0.211. The van der Waals surface area contributed by atoms with E-state index in [4.69, 9.17) is 10.2 Å². The lowest BCUT2D eigenvalue weighted by atomic mass is 9.99. The van der Waals surface area contributed by atoms with Gasteiger partial charge in [-0.05, 0) is 18.4 Å². The highest BCUT2D eigenvalue weighted by atomic mass is 32.1. The minimum atomic E-state index is -2.22. The fourth-order valence-electron chi connectivity index (χ4n) is 0.923. The highest BCUT2D eigenvalue weighted by molar-refractivity contribution is 7.10. The average Bonchev–Trinajstić information content (AvgIpc) is 2.54. The van der Waals surface area contributed by atoms with Gasteiger partial charge in [0, 0.05) is 4.88 Å². The quantitative estimate of drug-likeness (QED) is 0.782. The Morgan fingerprint density at radius 1 is 1.77 bits per heavy atom. The zero-order valence-corrected chi connectivity index (χ0v) is 7.71. The number of aliphatic hydroxyl groups is 1. The number of halogens is 1. The van der Waals surface area contributed by atoms with E-state index in [0.29, 0.717) is 0 Å². The molecule has 5 heteroatoms. The molecule has 1 aromatic rings. The molecule has 13 heavy (non-hydrogen) atoms. The van der Waals surface area contributed by atoms with Crippen molar-refractivity contribution in [2.45, 2.75) is 18.7 Å². The molecule has 0 aliphatic heterocycles. The van der Waals surface area contributed by atoms with Crippen molar-refractivity contribution < 1.29 is 19.4 Å². The van der Waals surface area contributed by atoms with Crippen LogP contribution in [0.4, 0.5) is 4.39 Å². The molecular formula is C8H9FO3S. The van der Waals surface area contributed by atoms with Crippen LogP contribution in [0.25, 0.3) is 0 Å². The second-order valence-electron chi connectivity index (χ2n) is 2.79. The third-order valence-corrected chi connectivity index (χ3v) is 2.83. The van der Waals surface area contributed by atoms with E-state index in [2.05, 4.69) is 0 Å². The van der Waals surface area contributed by atoms with Gasteiger partial charge in [0.1, 0.15) is 0 Å². The molecule has 0 saturated carbocycles. The van der Waals surface area contributed by atoms with Crippen molar-refractivity contribution in [3.8, 4) is 0 Å². The van der Waals surface area contributed by atoms with Crippen molar-refractivity contribution in [1.82, 2.24) is 0 Å². The summed E-state index contributed by atoms with van der Waals surface area (Å²) in [6, 6.07) is 3.06. The molecule has 0 fully saturated rings. The first-order valence-electron chi connectivity index (χ1n) is 3.60. The van der Waals surface area contributed by atoms with Crippen LogP contribution >= 0.6 is 11.3 Å². The predicted octanol–water partition coefficient (Wildman–Crippen LogP) is 1.38. The number of carboxylic acid groups (broad SMARTS) is 1. The predicted molar refractivity (Wildman–Crippen MR) is 46.4 cm³/mol. The van der Waals surface area contributed by atoms with Crippen LogP contribution in [-0.2, 0) is 10.5 Å². The van der Waals surface area contributed by atoms with Crippen LogP contribution in [0.2, 0.25) is 0 Å². The van der Waals surface area contributed by atoms with Gasteiger partial charge in [0.05, 0.1) is 0 Å². The van der Waals surface area contributed by atoms with Gasteiger partial charge in [-0.1, -0.05) is 6.07 Å². The van der Waals surface area contributed by atoms with Gasteiger partial charge >= 0.3 is 5.97 Å². The van der Waals surface area contributed by atoms with Gasteiger partial charge in [-0.2, -0.15) is 0 Å². The number of carboxylic acids is 1. The fraction of sp³-hybridized carbons (Fsp3) is 0.375. The second-order valence-corrected chi connectivity index (χ2v) is 3.74. The van der Waals surface area contributed by atoms with Crippen LogP contribution in [0.1, 0.15) is 11.8 Å².